The predicted octanol–water partition coefficient (Wildman–Crippen LogP) is 3.44. The zero-order valence-corrected chi connectivity index (χ0v) is 11.5. The van der Waals surface area contributed by atoms with Gasteiger partial charge in [-0.3, -0.25) is 0 Å². The van der Waals surface area contributed by atoms with Crippen LogP contribution in [0.4, 0.5) is 11.4 Å². The largest absolute Gasteiger partial charge is 0.486 e. The number of nitrogens with zero attached hydrogens (tertiary/aromatic N) is 1. The zero-order valence-electron chi connectivity index (χ0n) is 11.5. The summed E-state index contributed by atoms with van der Waals surface area (Å²) in [6.45, 7) is 6.52. The van der Waals surface area contributed by atoms with Crippen molar-refractivity contribution in [1.29, 1.82) is 0 Å². The Morgan fingerprint density at radius 1 is 1.33 bits per heavy atom. The highest BCUT2D eigenvalue weighted by Crippen LogP contribution is 2.35. The van der Waals surface area contributed by atoms with E-state index in [1.54, 1.807) is 0 Å². The number of benzene rings is 1. The maximum atomic E-state index is 5.98. The quantitative estimate of drug-likeness (QED) is 0.641. The highest BCUT2D eigenvalue weighted by atomic mass is 16.5. The molecule has 0 saturated heterocycles. The highest BCUT2D eigenvalue weighted by molar-refractivity contribution is 5.65. The van der Waals surface area contributed by atoms with Crippen LogP contribution < -0.4 is 15.4 Å². The molecule has 1 heterocycles. The Kier molecular flexibility index (Phi) is 4.34. The van der Waals surface area contributed by atoms with Crippen LogP contribution in [0.3, 0.4) is 0 Å². The first kappa shape index (κ1) is 13.1. The summed E-state index contributed by atoms with van der Waals surface area (Å²) in [4.78, 5) is 2.45. The molecule has 100 valence electrons. The van der Waals surface area contributed by atoms with E-state index in [4.69, 9.17) is 10.5 Å². The molecule has 0 amide bonds. The summed E-state index contributed by atoms with van der Waals surface area (Å²) in [5, 5.41) is 0. The van der Waals surface area contributed by atoms with Crippen LogP contribution >= 0.6 is 0 Å². The van der Waals surface area contributed by atoms with Gasteiger partial charge in [0.15, 0.2) is 0 Å². The monoisotopic (exact) mass is 248 g/mol. The number of nitrogens with two attached hydrogens (primary N) is 1. The van der Waals surface area contributed by atoms with Gasteiger partial charge in [0.1, 0.15) is 11.9 Å². The molecule has 2 rings (SSSR count). The van der Waals surface area contributed by atoms with Crippen molar-refractivity contribution in [2.75, 3.05) is 23.7 Å². The molecule has 1 aliphatic rings. The van der Waals surface area contributed by atoms with Gasteiger partial charge in [-0.15, -0.1) is 0 Å². The van der Waals surface area contributed by atoms with Crippen LogP contribution in [0.15, 0.2) is 18.2 Å². The zero-order chi connectivity index (χ0) is 13.0. The SMILES string of the molecule is CCCCCN1CC(CC)Oc2cc(N)ccc21. The summed E-state index contributed by atoms with van der Waals surface area (Å²) in [7, 11) is 0. The molecule has 1 aromatic carbocycles. The van der Waals surface area contributed by atoms with Crippen LogP contribution in [0.2, 0.25) is 0 Å². The van der Waals surface area contributed by atoms with E-state index in [1.165, 1.54) is 24.9 Å². The average Bonchev–Trinajstić information content (AvgIpc) is 2.38. The lowest BCUT2D eigenvalue weighted by Crippen LogP contribution is -2.40. The van der Waals surface area contributed by atoms with Gasteiger partial charge >= 0.3 is 0 Å². The fourth-order valence-corrected chi connectivity index (χ4v) is 2.42. The van der Waals surface area contributed by atoms with Crippen molar-refractivity contribution >= 4 is 11.4 Å². The topological polar surface area (TPSA) is 38.5 Å². The van der Waals surface area contributed by atoms with Crippen molar-refractivity contribution in [3.63, 3.8) is 0 Å². The summed E-state index contributed by atoms with van der Waals surface area (Å²) in [5.74, 6) is 0.949. The van der Waals surface area contributed by atoms with Gasteiger partial charge in [0.25, 0.3) is 0 Å². The molecule has 0 aromatic heterocycles. The van der Waals surface area contributed by atoms with E-state index >= 15 is 0 Å². The third-order valence-electron chi connectivity index (χ3n) is 3.53. The van der Waals surface area contributed by atoms with E-state index in [1.807, 2.05) is 12.1 Å². The molecule has 0 saturated carbocycles. The highest BCUT2D eigenvalue weighted by Gasteiger charge is 2.24. The molecular formula is C15H24N2O. The summed E-state index contributed by atoms with van der Waals surface area (Å²) in [6.07, 6.45) is 5.13. The lowest BCUT2D eigenvalue weighted by Gasteiger charge is -2.36. The van der Waals surface area contributed by atoms with E-state index in [0.717, 1.165) is 30.9 Å². The van der Waals surface area contributed by atoms with E-state index < -0.39 is 0 Å². The third kappa shape index (κ3) is 2.89. The van der Waals surface area contributed by atoms with Crippen molar-refractivity contribution in [2.24, 2.45) is 0 Å². The minimum absolute atomic E-state index is 0.293. The smallest absolute Gasteiger partial charge is 0.145 e. The van der Waals surface area contributed by atoms with Crippen molar-refractivity contribution in [1.82, 2.24) is 0 Å². The number of hydrogen-bond acceptors (Lipinski definition) is 3. The first-order valence-corrected chi connectivity index (χ1v) is 7.05. The Labute approximate surface area is 110 Å². The lowest BCUT2D eigenvalue weighted by atomic mass is 10.1. The predicted molar refractivity (Wildman–Crippen MR) is 77.3 cm³/mol. The average molecular weight is 248 g/mol. The van der Waals surface area contributed by atoms with Gasteiger partial charge in [0, 0.05) is 18.3 Å². The first-order chi connectivity index (χ1) is 8.74. The third-order valence-corrected chi connectivity index (χ3v) is 3.53. The van der Waals surface area contributed by atoms with Crippen molar-refractivity contribution in [3.05, 3.63) is 18.2 Å². The molecule has 0 aliphatic carbocycles. The van der Waals surface area contributed by atoms with Crippen LogP contribution in [-0.4, -0.2) is 19.2 Å². The van der Waals surface area contributed by atoms with Gasteiger partial charge in [-0.2, -0.15) is 0 Å². The molecule has 18 heavy (non-hydrogen) atoms. The summed E-state index contributed by atoms with van der Waals surface area (Å²) in [5.41, 5.74) is 7.81. The minimum Gasteiger partial charge on any atom is -0.486 e. The first-order valence-electron chi connectivity index (χ1n) is 7.05. The van der Waals surface area contributed by atoms with Crippen LogP contribution in [0.1, 0.15) is 39.5 Å². The lowest BCUT2D eigenvalue weighted by molar-refractivity contribution is 0.189. The fourth-order valence-electron chi connectivity index (χ4n) is 2.42. The molecule has 3 nitrogen and oxygen atoms in total. The molecule has 1 atom stereocenters. The number of anilines is 2. The van der Waals surface area contributed by atoms with E-state index in [2.05, 4.69) is 24.8 Å². The Bertz CT molecular complexity index is 392. The standard InChI is InChI=1S/C15H24N2O/c1-3-5-6-9-17-11-13(4-2)18-15-10-12(16)7-8-14(15)17/h7-8,10,13H,3-6,9,11,16H2,1-2H3. The normalized spacial score (nSPS) is 18.3. The van der Waals surface area contributed by atoms with Gasteiger partial charge < -0.3 is 15.4 Å². The van der Waals surface area contributed by atoms with Gasteiger partial charge in [0.05, 0.1) is 12.2 Å². The Hall–Kier alpha value is -1.38. The van der Waals surface area contributed by atoms with Crippen LogP contribution in [0.25, 0.3) is 0 Å². The molecule has 0 bridgehead atoms. The summed E-state index contributed by atoms with van der Waals surface area (Å²) in [6, 6.07) is 5.99. The summed E-state index contributed by atoms with van der Waals surface area (Å²) < 4.78 is 5.98. The van der Waals surface area contributed by atoms with Gasteiger partial charge in [-0.25, -0.2) is 0 Å². The molecular weight excluding hydrogens is 224 g/mol. The molecule has 0 spiro atoms. The molecule has 0 fully saturated rings. The number of rotatable bonds is 5. The Morgan fingerprint density at radius 2 is 2.17 bits per heavy atom. The number of nitrogen functional groups attached to an aromatic ring is 1. The second kappa shape index (κ2) is 5.98. The molecule has 2 N–H and O–H groups in total. The van der Waals surface area contributed by atoms with Gasteiger partial charge in [-0.05, 0) is 25.0 Å². The fraction of sp³-hybridized carbons (Fsp3) is 0.600. The van der Waals surface area contributed by atoms with Crippen molar-refractivity contribution in [3.8, 4) is 5.75 Å². The summed E-state index contributed by atoms with van der Waals surface area (Å²) >= 11 is 0. The van der Waals surface area contributed by atoms with E-state index in [0.29, 0.717) is 6.10 Å². The van der Waals surface area contributed by atoms with Crippen LogP contribution in [-0.2, 0) is 0 Å². The van der Waals surface area contributed by atoms with Gasteiger partial charge in [-0.1, -0.05) is 26.7 Å². The molecule has 1 unspecified atom stereocenters. The number of fused-ring (bicyclic) bond motifs is 1. The molecule has 3 heteroatoms. The van der Waals surface area contributed by atoms with Crippen LogP contribution in [0, 0.1) is 0 Å². The second-order valence-electron chi connectivity index (χ2n) is 5.03. The maximum Gasteiger partial charge on any atom is 0.145 e. The van der Waals surface area contributed by atoms with E-state index in [9.17, 15) is 0 Å². The van der Waals surface area contributed by atoms with Crippen LogP contribution in [0.5, 0.6) is 5.75 Å². The number of ether oxygens (including phenoxy) is 1. The maximum absolute atomic E-state index is 5.98. The molecule has 1 aliphatic heterocycles. The van der Waals surface area contributed by atoms with E-state index in [-0.39, 0.29) is 0 Å². The van der Waals surface area contributed by atoms with Crippen molar-refractivity contribution in [2.45, 2.75) is 45.6 Å². The van der Waals surface area contributed by atoms with Crippen molar-refractivity contribution < 1.29 is 4.74 Å². The molecule has 0 radical (unpaired) electrons. The van der Waals surface area contributed by atoms with Gasteiger partial charge in [0.2, 0.25) is 0 Å². The number of hydrogen-bond donors (Lipinski definition) is 1. The second-order valence-corrected chi connectivity index (χ2v) is 5.03. The Balaban J connectivity index is 2.14. The Morgan fingerprint density at radius 3 is 2.89 bits per heavy atom. The molecule has 1 aromatic rings. The minimum atomic E-state index is 0.293. The number of unbranched alkanes of at least 4 members (excludes halogenated alkanes) is 2.